The van der Waals surface area contributed by atoms with Gasteiger partial charge in [0.1, 0.15) is 11.8 Å². The van der Waals surface area contributed by atoms with Crippen LogP contribution < -0.4 is 9.47 Å². The van der Waals surface area contributed by atoms with Crippen molar-refractivity contribution in [1.82, 2.24) is 9.88 Å². The number of nitrogens with zero attached hydrogens (tertiary/aromatic N) is 2. The fourth-order valence-corrected chi connectivity index (χ4v) is 4.03. The minimum absolute atomic E-state index is 0.0664. The lowest BCUT2D eigenvalue weighted by atomic mass is 10.1. The molecule has 1 aliphatic rings. The SMILES string of the molecule is COc1cc(C)ccc1OCC(=O)N1CCCC1c1ncc(Cc2ccccc2Cl)o1. The monoisotopic (exact) mass is 440 g/mol. The number of hydrogen-bond donors (Lipinski definition) is 0. The van der Waals surface area contributed by atoms with Crippen molar-refractivity contribution in [2.45, 2.75) is 32.2 Å². The molecule has 1 aliphatic heterocycles. The number of oxazole rings is 1. The largest absolute Gasteiger partial charge is 0.493 e. The Morgan fingerprint density at radius 3 is 2.90 bits per heavy atom. The third-order valence-corrected chi connectivity index (χ3v) is 5.79. The minimum Gasteiger partial charge on any atom is -0.493 e. The smallest absolute Gasteiger partial charge is 0.261 e. The fraction of sp³-hybridized carbons (Fsp3) is 0.333. The minimum atomic E-state index is -0.184. The van der Waals surface area contributed by atoms with Crippen LogP contribution in [0, 0.1) is 6.92 Å². The van der Waals surface area contributed by atoms with E-state index < -0.39 is 0 Å². The number of carbonyl (C=O) groups excluding carboxylic acids is 1. The molecule has 1 unspecified atom stereocenters. The highest BCUT2D eigenvalue weighted by Gasteiger charge is 2.33. The van der Waals surface area contributed by atoms with Gasteiger partial charge in [-0.25, -0.2) is 4.98 Å². The van der Waals surface area contributed by atoms with Gasteiger partial charge in [-0.1, -0.05) is 35.9 Å². The third-order valence-electron chi connectivity index (χ3n) is 5.42. The van der Waals surface area contributed by atoms with Gasteiger partial charge in [0.15, 0.2) is 18.1 Å². The van der Waals surface area contributed by atoms with E-state index in [1.54, 1.807) is 18.2 Å². The molecular formula is C24H25ClN2O4. The average Bonchev–Trinajstić information content (AvgIpc) is 3.43. The Morgan fingerprint density at radius 2 is 2.10 bits per heavy atom. The summed E-state index contributed by atoms with van der Waals surface area (Å²) in [7, 11) is 1.59. The molecule has 7 heteroatoms. The van der Waals surface area contributed by atoms with Crippen LogP contribution in [-0.2, 0) is 11.2 Å². The molecular weight excluding hydrogens is 416 g/mol. The first kappa shape index (κ1) is 21.2. The van der Waals surface area contributed by atoms with Gasteiger partial charge in [0.05, 0.1) is 13.3 Å². The number of aryl methyl sites for hydroxylation is 1. The van der Waals surface area contributed by atoms with Crippen molar-refractivity contribution in [3.8, 4) is 11.5 Å². The second-order valence-electron chi connectivity index (χ2n) is 7.62. The number of methoxy groups -OCH3 is 1. The molecule has 1 amide bonds. The Morgan fingerprint density at radius 1 is 1.26 bits per heavy atom. The van der Waals surface area contributed by atoms with Gasteiger partial charge in [-0.15, -0.1) is 0 Å². The maximum Gasteiger partial charge on any atom is 0.261 e. The topological polar surface area (TPSA) is 64.8 Å². The van der Waals surface area contributed by atoms with Gasteiger partial charge in [-0.3, -0.25) is 4.79 Å². The Balaban J connectivity index is 1.41. The predicted octanol–water partition coefficient (Wildman–Crippen LogP) is 4.98. The zero-order chi connectivity index (χ0) is 21.8. The molecule has 0 bridgehead atoms. The number of carbonyl (C=O) groups is 1. The Bertz CT molecular complexity index is 1070. The van der Waals surface area contributed by atoms with Crippen molar-refractivity contribution >= 4 is 17.5 Å². The van der Waals surface area contributed by atoms with E-state index in [9.17, 15) is 4.79 Å². The lowest BCUT2D eigenvalue weighted by Crippen LogP contribution is -2.34. The Labute approximate surface area is 186 Å². The summed E-state index contributed by atoms with van der Waals surface area (Å²) in [5, 5.41) is 0.696. The van der Waals surface area contributed by atoms with Crippen molar-refractivity contribution in [3.63, 3.8) is 0 Å². The van der Waals surface area contributed by atoms with Crippen LogP contribution in [0.1, 0.15) is 41.7 Å². The highest BCUT2D eigenvalue weighted by Crippen LogP contribution is 2.33. The zero-order valence-corrected chi connectivity index (χ0v) is 18.4. The van der Waals surface area contributed by atoms with E-state index in [2.05, 4.69) is 4.98 Å². The molecule has 0 radical (unpaired) electrons. The molecule has 3 aromatic rings. The van der Waals surface area contributed by atoms with E-state index in [1.807, 2.05) is 49.4 Å². The maximum absolute atomic E-state index is 12.9. The lowest BCUT2D eigenvalue weighted by molar-refractivity contribution is -0.134. The van der Waals surface area contributed by atoms with E-state index >= 15 is 0 Å². The summed E-state index contributed by atoms with van der Waals surface area (Å²) >= 11 is 6.25. The summed E-state index contributed by atoms with van der Waals surface area (Å²) in [6, 6.07) is 13.1. The van der Waals surface area contributed by atoms with Gasteiger partial charge in [0.2, 0.25) is 5.89 Å². The number of halogens is 1. The van der Waals surface area contributed by atoms with E-state index in [0.29, 0.717) is 35.4 Å². The van der Waals surface area contributed by atoms with Crippen LogP contribution in [-0.4, -0.2) is 36.1 Å². The summed E-state index contributed by atoms with van der Waals surface area (Å²) in [5.41, 5.74) is 2.04. The van der Waals surface area contributed by atoms with Gasteiger partial charge in [-0.2, -0.15) is 0 Å². The Hall–Kier alpha value is -2.99. The normalized spacial score (nSPS) is 15.8. The number of benzene rings is 2. The quantitative estimate of drug-likeness (QED) is 0.518. The van der Waals surface area contributed by atoms with Gasteiger partial charge in [0, 0.05) is 18.0 Å². The Kier molecular flexibility index (Phi) is 6.47. The van der Waals surface area contributed by atoms with Crippen molar-refractivity contribution in [1.29, 1.82) is 0 Å². The van der Waals surface area contributed by atoms with E-state index in [-0.39, 0.29) is 18.6 Å². The van der Waals surface area contributed by atoms with E-state index in [0.717, 1.165) is 29.7 Å². The summed E-state index contributed by atoms with van der Waals surface area (Å²) in [6.07, 6.45) is 3.98. The summed E-state index contributed by atoms with van der Waals surface area (Å²) in [5.74, 6) is 2.35. The summed E-state index contributed by atoms with van der Waals surface area (Å²) in [4.78, 5) is 19.1. The number of rotatable bonds is 7. The molecule has 0 spiro atoms. The number of ether oxygens (including phenoxy) is 2. The highest BCUT2D eigenvalue weighted by atomic mass is 35.5. The van der Waals surface area contributed by atoms with Crippen LogP contribution in [0.4, 0.5) is 0 Å². The summed E-state index contributed by atoms with van der Waals surface area (Å²) < 4.78 is 17.1. The number of likely N-dealkylation sites (tertiary alicyclic amines) is 1. The molecule has 6 nitrogen and oxygen atoms in total. The summed E-state index contributed by atoms with van der Waals surface area (Å²) in [6.45, 7) is 2.56. The van der Waals surface area contributed by atoms with Crippen LogP contribution in [0.2, 0.25) is 5.02 Å². The van der Waals surface area contributed by atoms with Crippen molar-refractivity contribution in [2.24, 2.45) is 0 Å². The molecule has 0 saturated carbocycles. The lowest BCUT2D eigenvalue weighted by Gasteiger charge is -2.22. The zero-order valence-electron chi connectivity index (χ0n) is 17.6. The van der Waals surface area contributed by atoms with Crippen LogP contribution in [0.25, 0.3) is 0 Å². The first-order valence-corrected chi connectivity index (χ1v) is 10.7. The predicted molar refractivity (Wildman–Crippen MR) is 118 cm³/mol. The maximum atomic E-state index is 12.9. The highest BCUT2D eigenvalue weighted by molar-refractivity contribution is 6.31. The molecule has 2 aromatic carbocycles. The van der Waals surface area contributed by atoms with Gasteiger partial charge in [0.25, 0.3) is 5.91 Å². The molecule has 0 N–H and O–H groups in total. The van der Waals surface area contributed by atoms with E-state index in [1.165, 1.54) is 0 Å². The second-order valence-corrected chi connectivity index (χ2v) is 8.03. The van der Waals surface area contributed by atoms with Gasteiger partial charge >= 0.3 is 0 Å². The fourth-order valence-electron chi connectivity index (χ4n) is 3.83. The molecule has 2 heterocycles. The van der Waals surface area contributed by atoms with E-state index in [4.69, 9.17) is 25.5 Å². The van der Waals surface area contributed by atoms with Crippen LogP contribution in [0.5, 0.6) is 11.5 Å². The van der Waals surface area contributed by atoms with Crippen LogP contribution in [0.15, 0.2) is 53.1 Å². The number of aromatic nitrogens is 1. The number of amides is 1. The first-order valence-electron chi connectivity index (χ1n) is 10.3. The molecule has 1 aromatic heterocycles. The number of hydrogen-bond acceptors (Lipinski definition) is 5. The molecule has 162 valence electrons. The molecule has 31 heavy (non-hydrogen) atoms. The molecule has 1 atom stereocenters. The van der Waals surface area contributed by atoms with Crippen molar-refractivity contribution in [2.75, 3.05) is 20.3 Å². The van der Waals surface area contributed by atoms with Crippen molar-refractivity contribution < 1.29 is 18.7 Å². The second kappa shape index (κ2) is 9.43. The first-order chi connectivity index (χ1) is 15.0. The third kappa shape index (κ3) is 4.85. The molecule has 4 rings (SSSR count). The molecule has 1 saturated heterocycles. The van der Waals surface area contributed by atoms with Crippen molar-refractivity contribution in [3.05, 3.63) is 76.5 Å². The van der Waals surface area contributed by atoms with Crippen LogP contribution in [0.3, 0.4) is 0 Å². The molecule has 1 fully saturated rings. The van der Waals surface area contributed by atoms with Crippen LogP contribution >= 0.6 is 11.6 Å². The van der Waals surface area contributed by atoms with Gasteiger partial charge < -0.3 is 18.8 Å². The average molecular weight is 441 g/mol. The van der Waals surface area contributed by atoms with Gasteiger partial charge in [-0.05, 0) is 49.1 Å². The standard InChI is InChI=1S/C24H25ClN2O4/c1-16-9-10-21(22(12-16)29-2)30-15-23(28)27-11-5-8-20(27)24-26-14-18(31-24)13-17-6-3-4-7-19(17)25/h3-4,6-7,9-10,12,14,20H,5,8,11,13,15H2,1-2H3. The molecule has 0 aliphatic carbocycles.